The molecule has 6 nitrogen and oxygen atoms in total. The Bertz CT molecular complexity index is 1260. The molecule has 3 aromatic carbocycles. The number of fused-ring (bicyclic) bond motifs is 1. The number of ether oxygens (including phenoxy) is 4. The molecule has 0 aliphatic heterocycles. The predicted octanol–water partition coefficient (Wildman–Crippen LogP) is 5.54. The number of benzene rings is 3. The van der Waals surface area contributed by atoms with Crippen LogP contribution in [0.25, 0.3) is 22.4 Å². The van der Waals surface area contributed by atoms with E-state index in [0.717, 1.165) is 34.4 Å². The Hall–Kier alpha value is -3.93. The normalized spacial score (nSPS) is 10.8. The van der Waals surface area contributed by atoms with Crippen molar-refractivity contribution in [1.29, 1.82) is 0 Å². The molecule has 0 radical (unpaired) electrons. The van der Waals surface area contributed by atoms with Gasteiger partial charge in [-0.1, -0.05) is 24.3 Å². The number of nitrogens with zero attached hydrogens (tertiary/aromatic N) is 2. The minimum absolute atomic E-state index is 0.456. The lowest BCUT2D eigenvalue weighted by atomic mass is 10.1. The highest BCUT2D eigenvalue weighted by atomic mass is 16.5. The third kappa shape index (κ3) is 4.65. The molecule has 0 bridgehead atoms. The maximum atomic E-state index is 6.11. The van der Waals surface area contributed by atoms with Crippen LogP contribution in [0.5, 0.6) is 23.0 Å². The summed E-state index contributed by atoms with van der Waals surface area (Å²) in [5.74, 6) is 3.61. The molecular formula is C27H28N2O4. The van der Waals surface area contributed by atoms with Crippen LogP contribution in [0.1, 0.15) is 5.56 Å². The smallest absolute Gasteiger partial charge is 0.161 e. The molecule has 0 N–H and O–H groups in total. The van der Waals surface area contributed by atoms with Crippen molar-refractivity contribution in [3.05, 3.63) is 78.9 Å². The molecule has 0 amide bonds. The summed E-state index contributed by atoms with van der Waals surface area (Å²) in [5, 5.41) is 0. The third-order valence-electron chi connectivity index (χ3n) is 5.48. The summed E-state index contributed by atoms with van der Waals surface area (Å²) in [4.78, 5) is 4.88. The first kappa shape index (κ1) is 22.3. The van der Waals surface area contributed by atoms with Crippen LogP contribution >= 0.6 is 0 Å². The molecule has 33 heavy (non-hydrogen) atoms. The summed E-state index contributed by atoms with van der Waals surface area (Å²) in [6.07, 6.45) is 2.65. The van der Waals surface area contributed by atoms with Crippen molar-refractivity contribution >= 4 is 11.0 Å². The highest BCUT2D eigenvalue weighted by Gasteiger charge is 2.15. The van der Waals surface area contributed by atoms with Gasteiger partial charge in [0.25, 0.3) is 0 Å². The van der Waals surface area contributed by atoms with Gasteiger partial charge >= 0.3 is 0 Å². The van der Waals surface area contributed by atoms with Crippen LogP contribution in [0.3, 0.4) is 0 Å². The first-order valence-corrected chi connectivity index (χ1v) is 10.8. The molecule has 0 saturated heterocycles. The Morgan fingerprint density at radius 3 is 2.33 bits per heavy atom. The largest absolute Gasteiger partial charge is 0.493 e. The number of para-hydroxylation sites is 2. The summed E-state index contributed by atoms with van der Waals surface area (Å²) >= 11 is 0. The van der Waals surface area contributed by atoms with Crippen LogP contribution < -0.4 is 18.9 Å². The second-order valence-corrected chi connectivity index (χ2v) is 7.47. The fraction of sp³-hybridized carbons (Fsp3) is 0.222. The van der Waals surface area contributed by atoms with E-state index in [1.54, 1.807) is 21.3 Å². The summed E-state index contributed by atoms with van der Waals surface area (Å²) in [6.45, 7) is 4.86. The van der Waals surface area contributed by atoms with Gasteiger partial charge in [-0.15, -0.1) is 6.58 Å². The molecule has 0 aliphatic rings. The van der Waals surface area contributed by atoms with E-state index in [1.807, 2.05) is 60.7 Å². The Morgan fingerprint density at radius 2 is 1.58 bits per heavy atom. The maximum Gasteiger partial charge on any atom is 0.161 e. The fourth-order valence-corrected chi connectivity index (χ4v) is 3.87. The van der Waals surface area contributed by atoms with Gasteiger partial charge in [0, 0.05) is 5.56 Å². The Morgan fingerprint density at radius 1 is 0.848 bits per heavy atom. The van der Waals surface area contributed by atoms with Gasteiger partial charge in [-0.3, -0.25) is 0 Å². The van der Waals surface area contributed by atoms with Gasteiger partial charge in [0.15, 0.2) is 23.0 Å². The number of aromatic nitrogens is 2. The first-order valence-electron chi connectivity index (χ1n) is 10.8. The average Bonchev–Trinajstić information content (AvgIpc) is 3.23. The lowest BCUT2D eigenvalue weighted by Gasteiger charge is -2.14. The molecule has 1 aromatic heterocycles. The molecule has 0 saturated carbocycles. The third-order valence-corrected chi connectivity index (χ3v) is 5.48. The van der Waals surface area contributed by atoms with E-state index in [1.165, 1.54) is 0 Å². The number of allylic oxidation sites excluding steroid dienone is 1. The van der Waals surface area contributed by atoms with Gasteiger partial charge in [-0.05, 0) is 54.4 Å². The van der Waals surface area contributed by atoms with Crippen LogP contribution in [0, 0.1) is 0 Å². The Kier molecular flexibility index (Phi) is 6.83. The molecule has 170 valence electrons. The Balaban J connectivity index is 1.63. The first-order chi connectivity index (χ1) is 16.2. The molecule has 0 spiro atoms. The van der Waals surface area contributed by atoms with Crippen molar-refractivity contribution < 1.29 is 18.9 Å². The number of rotatable bonds is 10. The summed E-state index contributed by atoms with van der Waals surface area (Å²) in [6, 6.07) is 19.9. The van der Waals surface area contributed by atoms with Gasteiger partial charge in [-0.2, -0.15) is 0 Å². The van der Waals surface area contributed by atoms with E-state index in [-0.39, 0.29) is 0 Å². The average molecular weight is 445 g/mol. The predicted molar refractivity (Wildman–Crippen MR) is 131 cm³/mol. The van der Waals surface area contributed by atoms with Crippen molar-refractivity contribution in [2.75, 3.05) is 27.9 Å². The maximum absolute atomic E-state index is 6.11. The summed E-state index contributed by atoms with van der Waals surface area (Å²) < 4.78 is 24.7. The van der Waals surface area contributed by atoms with Crippen molar-refractivity contribution in [2.24, 2.45) is 0 Å². The molecule has 0 atom stereocenters. The van der Waals surface area contributed by atoms with E-state index in [9.17, 15) is 0 Å². The molecule has 4 rings (SSSR count). The molecule has 0 fully saturated rings. The monoisotopic (exact) mass is 444 g/mol. The van der Waals surface area contributed by atoms with Crippen LogP contribution in [0.2, 0.25) is 0 Å². The van der Waals surface area contributed by atoms with E-state index in [0.29, 0.717) is 36.1 Å². The zero-order valence-electron chi connectivity index (χ0n) is 19.2. The highest BCUT2D eigenvalue weighted by molar-refractivity contribution is 5.81. The zero-order chi connectivity index (χ0) is 23.2. The molecular weight excluding hydrogens is 416 g/mol. The molecule has 1 heterocycles. The van der Waals surface area contributed by atoms with E-state index in [2.05, 4.69) is 17.2 Å². The van der Waals surface area contributed by atoms with Crippen molar-refractivity contribution in [3.63, 3.8) is 0 Å². The van der Waals surface area contributed by atoms with Gasteiger partial charge in [-0.25, -0.2) is 4.98 Å². The van der Waals surface area contributed by atoms with Crippen LogP contribution in [0.15, 0.2) is 73.3 Å². The molecule has 0 aliphatic carbocycles. The zero-order valence-corrected chi connectivity index (χ0v) is 19.2. The fourth-order valence-electron chi connectivity index (χ4n) is 3.87. The highest BCUT2D eigenvalue weighted by Crippen LogP contribution is 2.34. The van der Waals surface area contributed by atoms with Gasteiger partial charge in [0.2, 0.25) is 0 Å². The second-order valence-electron chi connectivity index (χ2n) is 7.47. The van der Waals surface area contributed by atoms with Crippen molar-refractivity contribution in [3.8, 4) is 34.4 Å². The SMILES string of the molecule is C=CCc1ccc(OCCn2c(-c3ccc(OC)c(OC)c3)nc3ccccc32)c(OC)c1. The lowest BCUT2D eigenvalue weighted by molar-refractivity contribution is 0.281. The number of imidazole rings is 1. The number of methoxy groups -OCH3 is 3. The minimum Gasteiger partial charge on any atom is -0.493 e. The summed E-state index contributed by atoms with van der Waals surface area (Å²) in [7, 11) is 4.91. The van der Waals surface area contributed by atoms with Crippen LogP contribution in [-0.4, -0.2) is 37.5 Å². The van der Waals surface area contributed by atoms with Gasteiger partial charge < -0.3 is 23.5 Å². The Labute approximate surface area is 194 Å². The van der Waals surface area contributed by atoms with E-state index < -0.39 is 0 Å². The molecule has 0 unspecified atom stereocenters. The van der Waals surface area contributed by atoms with Crippen LogP contribution in [0.4, 0.5) is 0 Å². The molecule has 6 heteroatoms. The lowest BCUT2D eigenvalue weighted by Crippen LogP contribution is -2.10. The van der Waals surface area contributed by atoms with E-state index >= 15 is 0 Å². The minimum atomic E-state index is 0.456. The van der Waals surface area contributed by atoms with Gasteiger partial charge in [0.05, 0.1) is 38.9 Å². The second kappa shape index (κ2) is 10.1. The standard InChI is InChI=1S/C27H28N2O4/c1-5-8-19-11-13-24(25(17-19)31-3)33-16-15-29-22-10-7-6-9-21(22)28-27(29)20-12-14-23(30-2)26(18-20)32-4/h5-7,9-14,17-18H,1,8,15-16H2,2-4H3. The van der Waals surface area contributed by atoms with E-state index in [4.69, 9.17) is 23.9 Å². The van der Waals surface area contributed by atoms with Crippen molar-refractivity contribution in [2.45, 2.75) is 13.0 Å². The summed E-state index contributed by atoms with van der Waals surface area (Å²) in [5.41, 5.74) is 4.04. The number of hydrogen-bond donors (Lipinski definition) is 0. The quantitative estimate of drug-likeness (QED) is 0.301. The van der Waals surface area contributed by atoms with Crippen molar-refractivity contribution in [1.82, 2.24) is 9.55 Å². The number of hydrogen-bond acceptors (Lipinski definition) is 5. The van der Waals surface area contributed by atoms with Crippen LogP contribution in [-0.2, 0) is 13.0 Å². The molecule has 4 aromatic rings. The van der Waals surface area contributed by atoms with Gasteiger partial charge in [0.1, 0.15) is 12.4 Å². The topological polar surface area (TPSA) is 54.7 Å².